The zero-order valence-corrected chi connectivity index (χ0v) is 11.0. The minimum absolute atomic E-state index is 0.211. The first kappa shape index (κ1) is 12.3. The van der Waals surface area contributed by atoms with Crippen molar-refractivity contribution in [3.63, 3.8) is 0 Å². The Bertz CT molecular complexity index is 440. The monoisotopic (exact) mass is 260 g/mol. The molecule has 0 aliphatic carbocycles. The van der Waals surface area contributed by atoms with Gasteiger partial charge in [-0.15, -0.1) is 0 Å². The molecule has 2 aliphatic rings. The first-order valence-corrected chi connectivity index (χ1v) is 6.80. The van der Waals surface area contributed by atoms with Gasteiger partial charge in [0.25, 0.3) is 6.02 Å². The van der Waals surface area contributed by atoms with Crippen LogP contribution in [0.15, 0.2) is 35.3 Å². The van der Waals surface area contributed by atoms with Crippen molar-refractivity contribution < 1.29 is 4.74 Å². The van der Waals surface area contributed by atoms with Crippen LogP contribution in [-0.4, -0.2) is 56.3 Å². The van der Waals surface area contributed by atoms with Crippen molar-refractivity contribution in [2.24, 2.45) is 10.7 Å². The van der Waals surface area contributed by atoms with E-state index in [1.54, 1.807) is 0 Å². The summed E-state index contributed by atoms with van der Waals surface area (Å²) in [5, 5.41) is 0. The number of para-hydroxylation sites is 1. The number of benzene rings is 1. The second kappa shape index (κ2) is 5.48. The Kier molecular flexibility index (Phi) is 3.55. The van der Waals surface area contributed by atoms with E-state index in [2.05, 4.69) is 45.1 Å². The highest BCUT2D eigenvalue weighted by Crippen LogP contribution is 2.16. The number of piperazine rings is 1. The largest absolute Gasteiger partial charge is 0.463 e. The molecule has 0 spiro atoms. The van der Waals surface area contributed by atoms with Crippen LogP contribution in [0.3, 0.4) is 0 Å². The van der Waals surface area contributed by atoms with Gasteiger partial charge in [-0.05, 0) is 12.1 Å². The van der Waals surface area contributed by atoms with Crippen LogP contribution in [0.25, 0.3) is 0 Å². The normalized spacial score (nSPS) is 24.1. The number of hydrogen-bond donors (Lipinski definition) is 1. The van der Waals surface area contributed by atoms with Crippen LogP contribution in [0, 0.1) is 0 Å². The maximum absolute atomic E-state index is 5.53. The molecule has 1 aromatic carbocycles. The number of anilines is 1. The van der Waals surface area contributed by atoms with Crippen LogP contribution < -0.4 is 10.6 Å². The minimum atomic E-state index is 0.211. The summed E-state index contributed by atoms with van der Waals surface area (Å²) in [5.74, 6) is 0. The van der Waals surface area contributed by atoms with Gasteiger partial charge in [-0.3, -0.25) is 4.90 Å². The van der Waals surface area contributed by atoms with Crippen LogP contribution in [0.2, 0.25) is 0 Å². The summed E-state index contributed by atoms with van der Waals surface area (Å²) < 4.78 is 5.19. The Morgan fingerprint density at radius 2 is 1.89 bits per heavy atom. The molecule has 2 aliphatic heterocycles. The van der Waals surface area contributed by atoms with Crippen molar-refractivity contribution in [1.29, 1.82) is 0 Å². The summed E-state index contributed by atoms with van der Waals surface area (Å²) in [7, 11) is 0. The van der Waals surface area contributed by atoms with E-state index >= 15 is 0 Å². The molecule has 1 aromatic rings. The highest BCUT2D eigenvalue weighted by molar-refractivity contribution is 5.73. The molecule has 3 rings (SSSR count). The predicted octanol–water partition coefficient (Wildman–Crippen LogP) is 0.522. The van der Waals surface area contributed by atoms with E-state index in [1.165, 1.54) is 5.69 Å². The zero-order chi connectivity index (χ0) is 13.1. The lowest BCUT2D eigenvalue weighted by molar-refractivity contribution is 0.219. The molecule has 0 radical (unpaired) electrons. The van der Waals surface area contributed by atoms with Gasteiger partial charge in [-0.1, -0.05) is 18.2 Å². The number of amidine groups is 1. The molecule has 102 valence electrons. The Morgan fingerprint density at radius 3 is 2.53 bits per heavy atom. The van der Waals surface area contributed by atoms with Gasteiger partial charge in [-0.2, -0.15) is 0 Å². The maximum atomic E-state index is 5.53. The zero-order valence-electron chi connectivity index (χ0n) is 11.0. The quantitative estimate of drug-likeness (QED) is 0.861. The summed E-state index contributed by atoms with van der Waals surface area (Å²) in [6.45, 7) is 5.85. The highest BCUT2D eigenvalue weighted by atomic mass is 16.5. The molecule has 1 atom stereocenters. The first-order chi connectivity index (χ1) is 9.31. The summed E-state index contributed by atoms with van der Waals surface area (Å²) in [6.07, 6.45) is 0. The third kappa shape index (κ3) is 2.98. The fourth-order valence-electron chi connectivity index (χ4n) is 2.66. The van der Waals surface area contributed by atoms with Crippen molar-refractivity contribution in [3.8, 4) is 0 Å². The summed E-state index contributed by atoms with van der Waals surface area (Å²) in [6, 6.07) is 11.1. The minimum Gasteiger partial charge on any atom is -0.463 e. The lowest BCUT2D eigenvalue weighted by atomic mass is 10.2. The molecule has 19 heavy (non-hydrogen) atoms. The number of rotatable bonds is 3. The summed E-state index contributed by atoms with van der Waals surface area (Å²) >= 11 is 0. The second-order valence-electron chi connectivity index (χ2n) is 5.06. The average Bonchev–Trinajstić information content (AvgIpc) is 2.86. The van der Waals surface area contributed by atoms with Gasteiger partial charge in [0.2, 0.25) is 0 Å². The summed E-state index contributed by atoms with van der Waals surface area (Å²) in [5.41, 5.74) is 6.84. The van der Waals surface area contributed by atoms with Crippen LogP contribution in [0.5, 0.6) is 0 Å². The van der Waals surface area contributed by atoms with E-state index in [1.807, 2.05) is 0 Å². The van der Waals surface area contributed by atoms with Gasteiger partial charge in [0.15, 0.2) is 0 Å². The molecule has 5 heteroatoms. The van der Waals surface area contributed by atoms with E-state index in [4.69, 9.17) is 10.5 Å². The topological polar surface area (TPSA) is 54.1 Å². The van der Waals surface area contributed by atoms with Crippen molar-refractivity contribution >= 4 is 11.7 Å². The number of aliphatic imine (C=N–C) groups is 1. The molecule has 1 fully saturated rings. The third-order valence-corrected chi connectivity index (χ3v) is 3.70. The Balaban J connectivity index is 1.50. The van der Waals surface area contributed by atoms with Crippen molar-refractivity contribution in [2.75, 3.05) is 44.2 Å². The second-order valence-corrected chi connectivity index (χ2v) is 5.06. The number of nitrogens with zero attached hydrogens (tertiary/aromatic N) is 3. The molecule has 0 saturated carbocycles. The highest BCUT2D eigenvalue weighted by Gasteiger charge is 2.23. The molecule has 0 bridgehead atoms. The summed E-state index contributed by atoms with van der Waals surface area (Å²) in [4.78, 5) is 9.15. The first-order valence-electron chi connectivity index (χ1n) is 6.80. The maximum Gasteiger partial charge on any atom is 0.282 e. The van der Waals surface area contributed by atoms with Gasteiger partial charge < -0.3 is 15.4 Å². The number of hydrogen-bond acceptors (Lipinski definition) is 5. The van der Waals surface area contributed by atoms with E-state index in [9.17, 15) is 0 Å². The third-order valence-electron chi connectivity index (χ3n) is 3.70. The Labute approximate surface area is 113 Å². The van der Waals surface area contributed by atoms with Gasteiger partial charge in [-0.25, -0.2) is 4.99 Å². The standard InChI is InChI=1S/C14H20N4O/c15-14-16-12(11-19-14)10-17-6-8-18(9-7-17)13-4-2-1-3-5-13/h1-5,12H,6-11H2,(H2,15,16). The molecule has 1 unspecified atom stereocenters. The molecule has 2 N–H and O–H groups in total. The molecule has 0 aromatic heterocycles. The Morgan fingerprint density at radius 1 is 1.16 bits per heavy atom. The van der Waals surface area contributed by atoms with Crippen molar-refractivity contribution in [2.45, 2.75) is 6.04 Å². The van der Waals surface area contributed by atoms with Crippen LogP contribution in [-0.2, 0) is 4.74 Å². The molecular weight excluding hydrogens is 240 g/mol. The van der Waals surface area contributed by atoms with E-state index in [0.717, 1.165) is 32.7 Å². The van der Waals surface area contributed by atoms with Crippen LogP contribution in [0.1, 0.15) is 0 Å². The number of nitrogens with two attached hydrogens (primary N) is 1. The Hall–Kier alpha value is -1.75. The number of ether oxygens (including phenoxy) is 1. The van der Waals surface area contributed by atoms with Crippen LogP contribution >= 0.6 is 0 Å². The van der Waals surface area contributed by atoms with Crippen molar-refractivity contribution in [1.82, 2.24) is 4.90 Å². The smallest absolute Gasteiger partial charge is 0.282 e. The fraction of sp³-hybridized carbons (Fsp3) is 0.500. The molecule has 0 amide bonds. The predicted molar refractivity (Wildman–Crippen MR) is 76.5 cm³/mol. The van der Waals surface area contributed by atoms with Crippen LogP contribution in [0.4, 0.5) is 5.69 Å². The van der Waals surface area contributed by atoms with Gasteiger partial charge in [0.1, 0.15) is 12.6 Å². The average molecular weight is 260 g/mol. The molecule has 2 heterocycles. The van der Waals surface area contributed by atoms with Gasteiger partial charge >= 0.3 is 0 Å². The van der Waals surface area contributed by atoms with E-state index in [-0.39, 0.29) is 6.04 Å². The van der Waals surface area contributed by atoms with Crippen molar-refractivity contribution in [3.05, 3.63) is 30.3 Å². The fourth-order valence-corrected chi connectivity index (χ4v) is 2.66. The van der Waals surface area contributed by atoms with E-state index < -0.39 is 0 Å². The molecule has 5 nitrogen and oxygen atoms in total. The van der Waals surface area contributed by atoms with Gasteiger partial charge in [0.05, 0.1) is 0 Å². The molecule has 1 saturated heterocycles. The van der Waals surface area contributed by atoms with Gasteiger partial charge in [0, 0.05) is 38.4 Å². The lowest BCUT2D eigenvalue weighted by Gasteiger charge is -2.36. The SMILES string of the molecule is NC1=NC(CN2CCN(c3ccccc3)CC2)CO1. The molecular formula is C14H20N4O. The lowest BCUT2D eigenvalue weighted by Crippen LogP contribution is -2.48. The van der Waals surface area contributed by atoms with E-state index in [0.29, 0.717) is 12.6 Å².